The molecular formula is C16H20N6S. The van der Waals surface area contributed by atoms with E-state index >= 15 is 0 Å². The first-order chi connectivity index (χ1) is 11.2. The van der Waals surface area contributed by atoms with Crippen molar-refractivity contribution in [1.29, 1.82) is 0 Å². The number of hydrogen-bond donors (Lipinski definition) is 0. The number of anilines is 1. The van der Waals surface area contributed by atoms with Crippen molar-refractivity contribution in [3.8, 4) is 0 Å². The number of piperazine rings is 1. The van der Waals surface area contributed by atoms with Crippen LogP contribution in [0.4, 0.5) is 5.82 Å². The lowest BCUT2D eigenvalue weighted by Gasteiger charge is -2.40. The summed E-state index contributed by atoms with van der Waals surface area (Å²) in [5.41, 5.74) is 0. The molecule has 1 saturated heterocycles. The molecule has 1 atom stereocenters. The first-order valence-corrected chi connectivity index (χ1v) is 8.74. The molecule has 4 rings (SSSR count). The highest BCUT2D eigenvalue weighted by Gasteiger charge is 2.26. The van der Waals surface area contributed by atoms with Gasteiger partial charge in [0.05, 0.1) is 11.9 Å². The van der Waals surface area contributed by atoms with E-state index in [-0.39, 0.29) is 0 Å². The Morgan fingerprint density at radius 2 is 2.17 bits per heavy atom. The van der Waals surface area contributed by atoms with Gasteiger partial charge in [-0.1, -0.05) is 0 Å². The molecule has 1 aliphatic rings. The second kappa shape index (κ2) is 5.90. The highest BCUT2D eigenvalue weighted by atomic mass is 32.1. The van der Waals surface area contributed by atoms with Gasteiger partial charge in [-0.15, -0.1) is 11.3 Å². The minimum Gasteiger partial charge on any atom is -0.353 e. The summed E-state index contributed by atoms with van der Waals surface area (Å²) >= 11 is 1.67. The standard InChI is InChI=1S/C16H20N6S/c1-12-9-22(15-13-3-8-23-16(13)19-11-18-15)7-6-21(12)10-14-17-4-5-20(14)2/h3-5,8,11-12H,6-7,9-10H2,1-2H3/t12-/m0/s1. The molecule has 1 fully saturated rings. The van der Waals surface area contributed by atoms with Crippen LogP contribution in [0.15, 0.2) is 30.2 Å². The van der Waals surface area contributed by atoms with Gasteiger partial charge in [0.25, 0.3) is 0 Å². The fraction of sp³-hybridized carbons (Fsp3) is 0.438. The van der Waals surface area contributed by atoms with E-state index in [1.54, 1.807) is 17.7 Å². The number of nitrogens with zero attached hydrogens (tertiary/aromatic N) is 6. The zero-order valence-corrected chi connectivity index (χ0v) is 14.2. The molecular weight excluding hydrogens is 308 g/mol. The van der Waals surface area contributed by atoms with Crippen molar-refractivity contribution in [3.63, 3.8) is 0 Å². The molecule has 0 radical (unpaired) electrons. The van der Waals surface area contributed by atoms with Crippen LogP contribution in [0.5, 0.6) is 0 Å². The van der Waals surface area contributed by atoms with E-state index < -0.39 is 0 Å². The number of imidazole rings is 1. The molecule has 0 N–H and O–H groups in total. The van der Waals surface area contributed by atoms with Gasteiger partial charge in [-0.3, -0.25) is 4.90 Å². The van der Waals surface area contributed by atoms with Crippen molar-refractivity contribution >= 4 is 27.4 Å². The van der Waals surface area contributed by atoms with Crippen LogP contribution in [0.1, 0.15) is 12.7 Å². The van der Waals surface area contributed by atoms with Crippen molar-refractivity contribution in [2.45, 2.75) is 19.5 Å². The van der Waals surface area contributed by atoms with Gasteiger partial charge in [0, 0.05) is 45.1 Å². The lowest BCUT2D eigenvalue weighted by Crippen LogP contribution is -2.52. The summed E-state index contributed by atoms with van der Waals surface area (Å²) in [5, 5.41) is 3.26. The Bertz CT molecular complexity index is 810. The van der Waals surface area contributed by atoms with Crippen LogP contribution in [0.2, 0.25) is 0 Å². The molecule has 3 aromatic heterocycles. The SMILES string of the molecule is C[C@H]1CN(c2ncnc3sccc23)CCN1Cc1nccn1C. The van der Waals surface area contributed by atoms with Gasteiger partial charge < -0.3 is 9.47 Å². The van der Waals surface area contributed by atoms with Crippen molar-refractivity contribution in [1.82, 2.24) is 24.4 Å². The van der Waals surface area contributed by atoms with E-state index in [1.165, 1.54) is 5.39 Å². The van der Waals surface area contributed by atoms with Crippen LogP contribution < -0.4 is 4.90 Å². The number of aryl methyl sites for hydroxylation is 1. The molecule has 6 nitrogen and oxygen atoms in total. The summed E-state index contributed by atoms with van der Waals surface area (Å²) in [6.07, 6.45) is 5.55. The Balaban J connectivity index is 1.51. The third kappa shape index (κ3) is 2.70. The average Bonchev–Trinajstić information content (AvgIpc) is 3.18. The molecule has 1 aliphatic heterocycles. The second-order valence-corrected chi connectivity index (χ2v) is 6.95. The Labute approximate surface area is 139 Å². The van der Waals surface area contributed by atoms with E-state index in [0.29, 0.717) is 6.04 Å². The summed E-state index contributed by atoms with van der Waals surface area (Å²) in [6.45, 7) is 6.16. The highest BCUT2D eigenvalue weighted by molar-refractivity contribution is 7.16. The van der Waals surface area contributed by atoms with E-state index in [9.17, 15) is 0 Å². The normalized spacial score (nSPS) is 19.6. The molecule has 3 aromatic rings. The average molecular weight is 328 g/mol. The number of aromatic nitrogens is 4. The van der Waals surface area contributed by atoms with Crippen LogP contribution in [-0.2, 0) is 13.6 Å². The third-order valence-corrected chi connectivity index (χ3v) is 5.39. The van der Waals surface area contributed by atoms with Crippen LogP contribution in [-0.4, -0.2) is 50.1 Å². The molecule has 23 heavy (non-hydrogen) atoms. The maximum atomic E-state index is 4.54. The van der Waals surface area contributed by atoms with E-state index in [4.69, 9.17) is 0 Å². The second-order valence-electron chi connectivity index (χ2n) is 6.06. The summed E-state index contributed by atoms with van der Waals surface area (Å²) in [7, 11) is 2.05. The fourth-order valence-electron chi connectivity index (χ4n) is 3.18. The quantitative estimate of drug-likeness (QED) is 0.737. The van der Waals surface area contributed by atoms with Gasteiger partial charge >= 0.3 is 0 Å². The predicted octanol–water partition coefficient (Wildman–Crippen LogP) is 2.14. The Hall–Kier alpha value is -1.99. The van der Waals surface area contributed by atoms with Crippen LogP contribution in [0.25, 0.3) is 10.2 Å². The van der Waals surface area contributed by atoms with Gasteiger partial charge in [-0.25, -0.2) is 15.0 Å². The predicted molar refractivity (Wildman–Crippen MR) is 92.7 cm³/mol. The molecule has 0 spiro atoms. The maximum Gasteiger partial charge on any atom is 0.140 e. The highest BCUT2D eigenvalue weighted by Crippen LogP contribution is 2.28. The Kier molecular flexibility index (Phi) is 3.74. The maximum absolute atomic E-state index is 4.54. The number of rotatable bonds is 3. The molecule has 0 aromatic carbocycles. The van der Waals surface area contributed by atoms with Crippen molar-refractivity contribution in [2.24, 2.45) is 7.05 Å². The fourth-order valence-corrected chi connectivity index (χ4v) is 3.91. The van der Waals surface area contributed by atoms with Gasteiger partial charge in [0.1, 0.15) is 22.8 Å². The Morgan fingerprint density at radius 3 is 2.96 bits per heavy atom. The minimum atomic E-state index is 0.462. The summed E-state index contributed by atoms with van der Waals surface area (Å²) in [6, 6.07) is 2.59. The van der Waals surface area contributed by atoms with E-state index in [1.807, 2.05) is 12.4 Å². The molecule has 0 saturated carbocycles. The molecule has 0 bridgehead atoms. The largest absolute Gasteiger partial charge is 0.353 e. The lowest BCUT2D eigenvalue weighted by atomic mass is 10.2. The van der Waals surface area contributed by atoms with Crippen LogP contribution >= 0.6 is 11.3 Å². The zero-order chi connectivity index (χ0) is 15.8. The summed E-state index contributed by atoms with van der Waals surface area (Å²) in [5.74, 6) is 2.19. The van der Waals surface area contributed by atoms with Crippen molar-refractivity contribution < 1.29 is 0 Å². The molecule has 120 valence electrons. The van der Waals surface area contributed by atoms with Gasteiger partial charge in [-0.05, 0) is 18.4 Å². The Morgan fingerprint density at radius 1 is 1.26 bits per heavy atom. The molecule has 7 heteroatoms. The molecule has 0 aliphatic carbocycles. The molecule has 4 heterocycles. The lowest BCUT2D eigenvalue weighted by molar-refractivity contribution is 0.175. The molecule has 0 amide bonds. The minimum absolute atomic E-state index is 0.462. The number of fused-ring (bicyclic) bond motifs is 1. The van der Waals surface area contributed by atoms with Gasteiger partial charge in [-0.2, -0.15) is 0 Å². The van der Waals surface area contributed by atoms with Crippen molar-refractivity contribution in [2.75, 3.05) is 24.5 Å². The smallest absolute Gasteiger partial charge is 0.140 e. The van der Waals surface area contributed by atoms with Crippen LogP contribution in [0, 0.1) is 0 Å². The first-order valence-electron chi connectivity index (χ1n) is 7.86. The third-order valence-electron chi connectivity index (χ3n) is 4.57. The number of thiophene rings is 1. The monoisotopic (exact) mass is 328 g/mol. The van der Waals surface area contributed by atoms with Crippen LogP contribution in [0.3, 0.4) is 0 Å². The van der Waals surface area contributed by atoms with E-state index in [2.05, 4.69) is 54.7 Å². The van der Waals surface area contributed by atoms with Crippen molar-refractivity contribution in [3.05, 3.63) is 36.0 Å². The van der Waals surface area contributed by atoms with Gasteiger partial charge in [0.2, 0.25) is 0 Å². The molecule has 0 unspecified atom stereocenters. The van der Waals surface area contributed by atoms with Gasteiger partial charge in [0.15, 0.2) is 0 Å². The zero-order valence-electron chi connectivity index (χ0n) is 13.4. The first kappa shape index (κ1) is 14.6. The number of hydrogen-bond acceptors (Lipinski definition) is 6. The summed E-state index contributed by atoms with van der Waals surface area (Å²) in [4.78, 5) is 19.3. The summed E-state index contributed by atoms with van der Waals surface area (Å²) < 4.78 is 2.10. The topological polar surface area (TPSA) is 50.1 Å². The van der Waals surface area contributed by atoms with E-state index in [0.717, 1.165) is 42.7 Å².